The fraction of sp³-hybridized carbons (Fsp3) is 0.517. The van der Waals surface area contributed by atoms with Crippen LogP contribution >= 0.6 is 0 Å². The third-order valence-corrected chi connectivity index (χ3v) is 6.01. The van der Waals surface area contributed by atoms with Gasteiger partial charge in [-0.05, 0) is 44.2 Å². The number of aryl methyl sites for hydroxylation is 1. The first kappa shape index (κ1) is 29.0. The molecule has 0 amide bonds. The van der Waals surface area contributed by atoms with E-state index >= 15 is 0 Å². The molecule has 0 bridgehead atoms. The average Bonchev–Trinajstić information content (AvgIpc) is 3.42. The monoisotopic (exact) mass is 500 g/mol. The first-order valence-electron chi connectivity index (χ1n) is 12.5. The Morgan fingerprint density at radius 3 is 2.03 bits per heavy atom. The molecule has 0 spiro atoms. The molecule has 0 aliphatic carbocycles. The Morgan fingerprint density at radius 1 is 0.917 bits per heavy atom. The summed E-state index contributed by atoms with van der Waals surface area (Å²) in [5.41, 5.74) is 1.75. The fourth-order valence-electron chi connectivity index (χ4n) is 3.75. The van der Waals surface area contributed by atoms with E-state index in [4.69, 9.17) is 23.0 Å². The predicted octanol–water partition coefficient (Wildman–Crippen LogP) is 7.32. The van der Waals surface area contributed by atoms with Gasteiger partial charge in [0.15, 0.2) is 0 Å². The lowest BCUT2D eigenvalue weighted by atomic mass is 9.95. The van der Waals surface area contributed by atoms with Gasteiger partial charge in [0.1, 0.15) is 29.1 Å². The summed E-state index contributed by atoms with van der Waals surface area (Å²) in [5, 5.41) is 0. The van der Waals surface area contributed by atoms with Crippen LogP contribution in [0.25, 0.3) is 0 Å². The Hall–Kier alpha value is -3.22. The number of fused-ring (bicyclic) bond motifs is 1. The molecule has 0 saturated carbocycles. The van der Waals surface area contributed by atoms with Gasteiger partial charge in [-0.15, -0.1) is 0 Å². The van der Waals surface area contributed by atoms with E-state index in [1.165, 1.54) is 0 Å². The highest BCUT2D eigenvalue weighted by Gasteiger charge is 2.32. The van der Waals surface area contributed by atoms with Crippen LogP contribution in [-0.2, 0) is 20.6 Å². The predicted molar refractivity (Wildman–Crippen MR) is 138 cm³/mol. The van der Waals surface area contributed by atoms with Crippen LogP contribution in [-0.4, -0.2) is 5.97 Å². The third kappa shape index (κ3) is 7.64. The Bertz CT molecular complexity index is 1130. The lowest BCUT2D eigenvalue weighted by Crippen LogP contribution is -2.08. The molecule has 36 heavy (non-hydrogen) atoms. The maximum atomic E-state index is 11.4. The van der Waals surface area contributed by atoms with Gasteiger partial charge in [-0.1, -0.05) is 66.7 Å². The van der Waals surface area contributed by atoms with Gasteiger partial charge in [-0.2, -0.15) is 0 Å². The number of hydrogen-bond acceptors (Lipinski definition) is 7. The number of esters is 1. The van der Waals surface area contributed by atoms with Gasteiger partial charge in [0.05, 0.1) is 5.56 Å². The van der Waals surface area contributed by atoms with Crippen molar-refractivity contribution in [2.75, 3.05) is 0 Å². The zero-order valence-corrected chi connectivity index (χ0v) is 23.0. The lowest BCUT2D eigenvalue weighted by Gasteiger charge is -2.14. The number of carbonyl (C=O) groups is 1. The topological polar surface area (TPSA) is 88.1 Å². The van der Waals surface area contributed by atoms with Crippen molar-refractivity contribution in [2.24, 2.45) is 23.7 Å². The molecule has 2 aliphatic rings. The lowest BCUT2D eigenvalue weighted by molar-refractivity contribution is 0.0280. The van der Waals surface area contributed by atoms with E-state index in [0.717, 1.165) is 29.1 Å². The van der Waals surface area contributed by atoms with Crippen molar-refractivity contribution in [1.29, 1.82) is 0 Å². The molecule has 7 heteroatoms. The maximum absolute atomic E-state index is 11.4. The number of ether oxygens (including phenoxy) is 3. The molecule has 0 radical (unpaired) electrons. The Kier molecular flexibility index (Phi) is 10.2. The van der Waals surface area contributed by atoms with Crippen molar-refractivity contribution >= 4 is 5.97 Å². The van der Waals surface area contributed by atoms with Crippen molar-refractivity contribution in [1.82, 2.24) is 0 Å². The van der Waals surface area contributed by atoms with Crippen LogP contribution in [0.15, 0.2) is 61.9 Å². The average molecular weight is 501 g/mol. The summed E-state index contributed by atoms with van der Waals surface area (Å²) < 4.78 is 25.3. The van der Waals surface area contributed by atoms with Gasteiger partial charge in [-0.3, -0.25) is 0 Å². The number of carbonyl (C=O) groups excluding carboxylic acids is 1. The summed E-state index contributed by atoms with van der Waals surface area (Å²) in [6.45, 7) is 21.9. The molecule has 2 unspecified atom stereocenters. The molecule has 1 aromatic heterocycles. The standard InChI is InChI=1S/C11H12O2.C10H16O2.C8H12O3/c1-7(2)10-8-5-3-4-6-9(8)11(12)13-10;1-6(2)7(3)10-8(4)11-9(5)12-10;1-5(2)4-7-6(3)10-8(9)11-7/h3-7,10H,1-2H3;6-7H,5H2,1-4H3;5H,4H2,1-3H3. The molecule has 1 aromatic carbocycles. The Balaban J connectivity index is 0.000000191. The normalized spacial score (nSPS) is 17.2. The zero-order valence-electron chi connectivity index (χ0n) is 23.0. The van der Waals surface area contributed by atoms with Crippen molar-refractivity contribution in [3.63, 3.8) is 0 Å². The molecule has 0 saturated heterocycles. The van der Waals surface area contributed by atoms with Gasteiger partial charge < -0.3 is 23.0 Å². The number of cyclic esters (lactones) is 1. The molecule has 198 valence electrons. The number of benzene rings is 1. The summed E-state index contributed by atoms with van der Waals surface area (Å²) in [5.74, 6) is 4.43. The van der Waals surface area contributed by atoms with Gasteiger partial charge in [0.2, 0.25) is 0 Å². The zero-order chi connectivity index (χ0) is 27.2. The number of hydrogen-bond donors (Lipinski definition) is 0. The van der Waals surface area contributed by atoms with Gasteiger partial charge in [0.25, 0.3) is 5.95 Å². The molecule has 7 nitrogen and oxygen atoms in total. The smallest absolute Gasteiger partial charge is 0.454 e. The van der Waals surface area contributed by atoms with Gasteiger partial charge in [0, 0.05) is 17.9 Å². The molecular formula is C29H40O7. The van der Waals surface area contributed by atoms with Gasteiger partial charge in [-0.25, -0.2) is 9.59 Å². The Morgan fingerprint density at radius 2 is 1.56 bits per heavy atom. The fourth-order valence-corrected chi connectivity index (χ4v) is 3.75. The van der Waals surface area contributed by atoms with Crippen LogP contribution in [0.5, 0.6) is 0 Å². The van der Waals surface area contributed by atoms with Crippen molar-refractivity contribution in [2.45, 2.75) is 74.8 Å². The summed E-state index contributed by atoms with van der Waals surface area (Å²) in [6.07, 6.45) is 0.709. The van der Waals surface area contributed by atoms with E-state index in [2.05, 4.69) is 55.0 Å². The van der Waals surface area contributed by atoms with E-state index in [1.807, 2.05) is 31.2 Å². The van der Waals surface area contributed by atoms with Crippen LogP contribution in [0.2, 0.25) is 0 Å². The van der Waals surface area contributed by atoms with Crippen LogP contribution in [0.4, 0.5) is 0 Å². The highest BCUT2D eigenvalue weighted by molar-refractivity contribution is 5.94. The van der Waals surface area contributed by atoms with Crippen molar-refractivity contribution < 1.29 is 27.8 Å². The van der Waals surface area contributed by atoms with E-state index in [1.54, 1.807) is 6.92 Å². The van der Waals surface area contributed by atoms with Crippen LogP contribution < -0.4 is 5.82 Å². The highest BCUT2D eigenvalue weighted by Crippen LogP contribution is 2.35. The second-order valence-electron chi connectivity index (χ2n) is 10.2. The third-order valence-electron chi connectivity index (χ3n) is 6.01. The summed E-state index contributed by atoms with van der Waals surface area (Å²) in [7, 11) is 0. The minimum Gasteiger partial charge on any atom is -0.454 e. The van der Waals surface area contributed by atoms with Crippen LogP contribution in [0.1, 0.15) is 88.9 Å². The summed E-state index contributed by atoms with van der Waals surface area (Å²) in [4.78, 5) is 21.9. The SMILES string of the molecule is C=C1OC(C)=C(C(C)C(C)C)O1.CC(C)C1OC(=O)c2ccccc21.Cc1oc(=O)oc1CC(C)C. The number of allylic oxidation sites excluding steroid dienone is 2. The second kappa shape index (κ2) is 12.7. The molecule has 3 heterocycles. The van der Waals surface area contributed by atoms with E-state index in [9.17, 15) is 9.59 Å². The van der Waals surface area contributed by atoms with Crippen LogP contribution in [0, 0.1) is 30.6 Å². The summed E-state index contributed by atoms with van der Waals surface area (Å²) in [6, 6.07) is 7.59. The van der Waals surface area contributed by atoms with Gasteiger partial charge >= 0.3 is 11.8 Å². The van der Waals surface area contributed by atoms with E-state index in [-0.39, 0.29) is 12.1 Å². The minimum atomic E-state index is -0.599. The second-order valence-corrected chi connectivity index (χ2v) is 10.2. The molecule has 4 rings (SSSR count). The molecule has 0 N–H and O–H groups in total. The van der Waals surface area contributed by atoms with E-state index in [0.29, 0.717) is 41.1 Å². The first-order valence-corrected chi connectivity index (χ1v) is 12.5. The molecule has 2 aliphatic heterocycles. The van der Waals surface area contributed by atoms with Crippen molar-refractivity contribution in [3.05, 3.63) is 81.6 Å². The molecule has 0 fully saturated rings. The maximum Gasteiger partial charge on any atom is 0.519 e. The molecule has 2 aromatic rings. The summed E-state index contributed by atoms with van der Waals surface area (Å²) >= 11 is 0. The van der Waals surface area contributed by atoms with E-state index < -0.39 is 5.82 Å². The molecule has 2 atom stereocenters. The molecular weight excluding hydrogens is 460 g/mol. The number of rotatable bonds is 5. The Labute approximate surface area is 214 Å². The van der Waals surface area contributed by atoms with Crippen LogP contribution in [0.3, 0.4) is 0 Å². The largest absolute Gasteiger partial charge is 0.519 e. The van der Waals surface area contributed by atoms with Crippen molar-refractivity contribution in [3.8, 4) is 0 Å². The minimum absolute atomic E-state index is 0.0521. The first-order chi connectivity index (χ1) is 16.8. The quantitative estimate of drug-likeness (QED) is 0.397. The highest BCUT2D eigenvalue weighted by atomic mass is 16.7.